The second-order valence-electron chi connectivity index (χ2n) is 7.30. The van der Waals surface area contributed by atoms with E-state index in [2.05, 4.69) is 4.98 Å². The molecular weight excluding hydrogens is 362 g/mol. The highest BCUT2D eigenvalue weighted by Gasteiger charge is 2.34. The first-order valence-electron chi connectivity index (χ1n) is 8.30. The molecule has 0 aromatic carbocycles. The number of nitrogens with zero attached hydrogens (tertiary/aromatic N) is 3. The van der Waals surface area contributed by atoms with Gasteiger partial charge in [-0.3, -0.25) is 10.1 Å². The summed E-state index contributed by atoms with van der Waals surface area (Å²) in [6.07, 6.45) is 1.99. The SMILES string of the molecule is CC(C)(C)OC(=O)N1CCC[C@@H](CS(=O)(=O)c2ncccc2[N+](=O)[O-])C1. The van der Waals surface area contributed by atoms with Crippen LogP contribution in [0.25, 0.3) is 0 Å². The molecule has 1 saturated heterocycles. The van der Waals surface area contributed by atoms with Gasteiger partial charge in [-0.2, -0.15) is 0 Å². The Labute approximate surface area is 152 Å². The fourth-order valence-corrected chi connectivity index (χ4v) is 4.58. The molecule has 0 aliphatic carbocycles. The van der Waals surface area contributed by atoms with Crippen LogP contribution in [0.3, 0.4) is 0 Å². The first-order chi connectivity index (χ1) is 12.0. The summed E-state index contributed by atoms with van der Waals surface area (Å²) in [5, 5.41) is 10.5. The van der Waals surface area contributed by atoms with E-state index in [0.717, 1.165) is 6.07 Å². The summed E-state index contributed by atoms with van der Waals surface area (Å²) in [6, 6.07) is 2.44. The molecule has 1 aromatic heterocycles. The molecule has 1 fully saturated rings. The van der Waals surface area contributed by atoms with Crippen LogP contribution in [0.4, 0.5) is 10.5 Å². The number of hydrogen-bond donors (Lipinski definition) is 0. The van der Waals surface area contributed by atoms with Gasteiger partial charge >= 0.3 is 11.8 Å². The second-order valence-corrected chi connectivity index (χ2v) is 9.25. The third-order valence-electron chi connectivity index (χ3n) is 3.87. The van der Waals surface area contributed by atoms with Crippen LogP contribution in [0.15, 0.2) is 23.4 Å². The van der Waals surface area contributed by atoms with Gasteiger partial charge in [-0.15, -0.1) is 0 Å². The number of amides is 1. The third kappa shape index (κ3) is 5.13. The van der Waals surface area contributed by atoms with E-state index in [1.165, 1.54) is 17.2 Å². The number of rotatable bonds is 4. The van der Waals surface area contributed by atoms with Crippen molar-refractivity contribution in [2.45, 2.75) is 44.2 Å². The topological polar surface area (TPSA) is 120 Å². The maximum Gasteiger partial charge on any atom is 0.410 e. The van der Waals surface area contributed by atoms with E-state index in [9.17, 15) is 23.3 Å². The van der Waals surface area contributed by atoms with Crippen molar-refractivity contribution >= 4 is 21.6 Å². The van der Waals surface area contributed by atoms with Crippen molar-refractivity contribution in [3.05, 3.63) is 28.4 Å². The number of sulfone groups is 1. The fourth-order valence-electron chi connectivity index (χ4n) is 2.84. The van der Waals surface area contributed by atoms with E-state index in [4.69, 9.17) is 4.74 Å². The Hall–Kier alpha value is -2.23. The minimum Gasteiger partial charge on any atom is -0.444 e. The quantitative estimate of drug-likeness (QED) is 0.576. The Balaban J connectivity index is 2.13. The second kappa shape index (κ2) is 7.56. The van der Waals surface area contributed by atoms with E-state index in [0.29, 0.717) is 19.4 Å². The number of hydrogen-bond acceptors (Lipinski definition) is 7. The lowest BCUT2D eigenvalue weighted by atomic mass is 10.0. The summed E-state index contributed by atoms with van der Waals surface area (Å²) >= 11 is 0. The van der Waals surface area contributed by atoms with Crippen LogP contribution in [-0.4, -0.2) is 53.8 Å². The smallest absolute Gasteiger partial charge is 0.410 e. The van der Waals surface area contributed by atoms with E-state index < -0.39 is 37.2 Å². The molecule has 1 aliphatic rings. The van der Waals surface area contributed by atoms with Crippen molar-refractivity contribution in [2.75, 3.05) is 18.8 Å². The zero-order valence-corrected chi connectivity index (χ0v) is 15.9. The number of piperidine rings is 1. The number of nitro groups is 1. The molecule has 1 aliphatic heterocycles. The van der Waals surface area contributed by atoms with Crippen molar-refractivity contribution in [2.24, 2.45) is 5.92 Å². The highest BCUT2D eigenvalue weighted by atomic mass is 32.2. The Kier molecular flexibility index (Phi) is 5.84. The summed E-state index contributed by atoms with van der Waals surface area (Å²) in [4.78, 5) is 27.7. The van der Waals surface area contributed by atoms with Crippen molar-refractivity contribution in [1.82, 2.24) is 9.88 Å². The van der Waals surface area contributed by atoms with E-state index in [1.807, 2.05) is 0 Å². The Morgan fingerprint density at radius 2 is 2.15 bits per heavy atom. The van der Waals surface area contributed by atoms with Crippen LogP contribution in [-0.2, 0) is 14.6 Å². The van der Waals surface area contributed by atoms with Gasteiger partial charge in [0.25, 0.3) is 0 Å². The molecule has 0 spiro atoms. The minimum atomic E-state index is -3.95. The maximum atomic E-state index is 12.6. The van der Waals surface area contributed by atoms with Crippen LogP contribution in [0, 0.1) is 16.0 Å². The zero-order valence-electron chi connectivity index (χ0n) is 15.0. The predicted octanol–water partition coefficient (Wildman–Crippen LogP) is 2.41. The highest BCUT2D eigenvalue weighted by molar-refractivity contribution is 7.91. The van der Waals surface area contributed by atoms with Crippen LogP contribution in [0.1, 0.15) is 33.6 Å². The summed E-state index contributed by atoms with van der Waals surface area (Å²) in [5.74, 6) is -0.632. The minimum absolute atomic E-state index is 0.231. The molecule has 0 bridgehead atoms. The summed E-state index contributed by atoms with van der Waals surface area (Å²) < 4.78 is 30.6. The molecule has 1 aromatic rings. The third-order valence-corrected chi connectivity index (χ3v) is 5.68. The average Bonchev–Trinajstić information content (AvgIpc) is 2.53. The first kappa shape index (κ1) is 20.1. The van der Waals surface area contributed by atoms with Gasteiger partial charge in [-0.05, 0) is 45.6 Å². The molecule has 2 heterocycles. The molecule has 0 N–H and O–H groups in total. The lowest BCUT2D eigenvalue weighted by molar-refractivity contribution is -0.388. The Morgan fingerprint density at radius 3 is 2.77 bits per heavy atom. The summed E-state index contributed by atoms with van der Waals surface area (Å²) in [6.45, 7) is 6.01. The summed E-state index contributed by atoms with van der Waals surface area (Å²) in [5.41, 5.74) is -1.17. The van der Waals surface area contributed by atoms with Crippen LogP contribution < -0.4 is 0 Å². The predicted molar refractivity (Wildman–Crippen MR) is 93.5 cm³/mol. The number of aromatic nitrogens is 1. The number of likely N-dealkylation sites (tertiary alicyclic amines) is 1. The molecule has 0 unspecified atom stereocenters. The van der Waals surface area contributed by atoms with Gasteiger partial charge in [0.1, 0.15) is 5.60 Å². The zero-order chi connectivity index (χ0) is 19.5. The van der Waals surface area contributed by atoms with Gasteiger partial charge < -0.3 is 9.64 Å². The fraction of sp³-hybridized carbons (Fsp3) is 0.625. The molecule has 10 heteroatoms. The van der Waals surface area contributed by atoms with E-state index >= 15 is 0 Å². The standard InChI is InChI=1S/C16H23N3O6S/c1-16(2,3)25-15(20)18-9-5-6-12(10-18)11-26(23,24)14-13(19(21)22)7-4-8-17-14/h4,7-8,12H,5-6,9-11H2,1-3H3/t12-/m1/s1. The molecular formula is C16H23N3O6S. The Bertz CT molecular complexity index is 787. The van der Waals surface area contributed by atoms with Crippen LogP contribution in [0.5, 0.6) is 0 Å². The van der Waals surface area contributed by atoms with E-state index in [1.54, 1.807) is 20.8 Å². The molecule has 0 radical (unpaired) electrons. The molecule has 2 rings (SSSR count). The van der Waals surface area contributed by atoms with Gasteiger partial charge in [0.2, 0.25) is 14.9 Å². The molecule has 26 heavy (non-hydrogen) atoms. The van der Waals surface area contributed by atoms with Crippen molar-refractivity contribution in [1.29, 1.82) is 0 Å². The van der Waals surface area contributed by atoms with Crippen LogP contribution >= 0.6 is 0 Å². The van der Waals surface area contributed by atoms with Crippen molar-refractivity contribution in [3.63, 3.8) is 0 Å². The molecule has 9 nitrogen and oxygen atoms in total. The van der Waals surface area contributed by atoms with Crippen LogP contribution in [0.2, 0.25) is 0 Å². The van der Waals surface area contributed by atoms with Gasteiger partial charge in [-0.25, -0.2) is 18.2 Å². The molecule has 144 valence electrons. The highest BCUT2D eigenvalue weighted by Crippen LogP contribution is 2.26. The van der Waals surface area contributed by atoms with Gasteiger partial charge in [0.05, 0.1) is 10.7 Å². The lowest BCUT2D eigenvalue weighted by Crippen LogP contribution is -2.44. The number of pyridine rings is 1. The average molecular weight is 385 g/mol. The Morgan fingerprint density at radius 1 is 1.46 bits per heavy atom. The van der Waals surface area contributed by atoms with Gasteiger partial charge in [0, 0.05) is 25.4 Å². The molecule has 1 amide bonds. The monoisotopic (exact) mass is 385 g/mol. The summed E-state index contributed by atoms with van der Waals surface area (Å²) in [7, 11) is -3.95. The molecule has 1 atom stereocenters. The van der Waals surface area contributed by atoms with Crippen molar-refractivity contribution in [3.8, 4) is 0 Å². The number of carbonyl (C=O) groups is 1. The first-order valence-corrected chi connectivity index (χ1v) is 9.95. The lowest BCUT2D eigenvalue weighted by Gasteiger charge is -2.33. The van der Waals surface area contributed by atoms with Gasteiger partial charge in [-0.1, -0.05) is 0 Å². The number of carbonyl (C=O) groups excluding carboxylic acids is 1. The molecule has 0 saturated carbocycles. The van der Waals surface area contributed by atoms with E-state index in [-0.39, 0.29) is 18.2 Å². The van der Waals surface area contributed by atoms with Gasteiger partial charge in [0.15, 0.2) is 0 Å². The largest absolute Gasteiger partial charge is 0.444 e. The maximum absolute atomic E-state index is 12.6. The normalized spacial score (nSPS) is 18.4. The van der Waals surface area contributed by atoms with Crippen molar-refractivity contribution < 1.29 is 22.9 Å². The number of ether oxygens (including phenoxy) is 1.